The maximum Gasteiger partial charge on any atom is 0.291 e. The van der Waals surface area contributed by atoms with Crippen LogP contribution >= 0.6 is 11.6 Å². The average molecular weight is 267 g/mol. The Bertz CT molecular complexity index is 608. The molecule has 1 heterocycles. The number of furan rings is 1. The molecule has 0 amide bonds. The van der Waals surface area contributed by atoms with Crippen LogP contribution in [0.1, 0.15) is 5.76 Å². The highest BCUT2D eigenvalue weighted by atomic mass is 35.5. The van der Waals surface area contributed by atoms with Crippen molar-refractivity contribution in [2.45, 2.75) is 0 Å². The Morgan fingerprint density at radius 3 is 2.89 bits per heavy atom. The summed E-state index contributed by atoms with van der Waals surface area (Å²) in [6, 6.07) is 5.53. The smallest absolute Gasteiger partial charge is 0.291 e. The van der Waals surface area contributed by atoms with Crippen LogP contribution in [0.25, 0.3) is 0 Å². The van der Waals surface area contributed by atoms with Gasteiger partial charge in [0.05, 0.1) is 23.5 Å². The Labute approximate surface area is 106 Å². The van der Waals surface area contributed by atoms with Crippen LogP contribution in [0.15, 0.2) is 39.9 Å². The summed E-state index contributed by atoms with van der Waals surface area (Å²) in [5, 5.41) is 20.1. The van der Waals surface area contributed by atoms with Crippen molar-refractivity contribution in [1.29, 1.82) is 0 Å². The number of phenolic OH excluding ortho intramolecular Hbond substituents is 1. The Balaban J connectivity index is 2.35. The molecule has 0 fully saturated rings. The molecule has 0 unspecified atom stereocenters. The molecule has 18 heavy (non-hydrogen) atoms. The molecule has 1 aromatic carbocycles. The minimum Gasteiger partial charge on any atom is -0.505 e. The van der Waals surface area contributed by atoms with E-state index in [-0.39, 0.29) is 22.1 Å². The summed E-state index contributed by atoms with van der Waals surface area (Å²) in [6.45, 7) is 0. The van der Waals surface area contributed by atoms with Gasteiger partial charge in [0.2, 0.25) is 0 Å². The van der Waals surface area contributed by atoms with Crippen molar-refractivity contribution in [3.63, 3.8) is 0 Å². The number of nitro benzene ring substituents is 1. The summed E-state index contributed by atoms with van der Waals surface area (Å²) in [5.41, 5.74) is -0.242. The van der Waals surface area contributed by atoms with Crippen molar-refractivity contribution in [3.05, 3.63) is 51.4 Å². The number of hydrogen-bond donors (Lipinski definition) is 1. The summed E-state index contributed by atoms with van der Waals surface area (Å²) in [6.07, 6.45) is 2.85. The summed E-state index contributed by atoms with van der Waals surface area (Å²) in [7, 11) is 0. The Morgan fingerprint density at radius 1 is 1.50 bits per heavy atom. The second kappa shape index (κ2) is 4.89. The second-order valence-electron chi connectivity index (χ2n) is 3.32. The molecule has 0 aliphatic heterocycles. The lowest BCUT2D eigenvalue weighted by molar-refractivity contribution is -0.384. The van der Waals surface area contributed by atoms with Gasteiger partial charge in [-0.1, -0.05) is 11.6 Å². The molecule has 2 aromatic rings. The fourth-order valence-corrected chi connectivity index (χ4v) is 1.51. The lowest BCUT2D eigenvalue weighted by atomic mass is 10.2. The molecular weight excluding hydrogens is 260 g/mol. The molecule has 0 aliphatic rings. The highest BCUT2D eigenvalue weighted by Crippen LogP contribution is 2.36. The summed E-state index contributed by atoms with van der Waals surface area (Å²) < 4.78 is 5.02. The number of phenols is 1. The lowest BCUT2D eigenvalue weighted by Gasteiger charge is -2.00. The van der Waals surface area contributed by atoms with Crippen LogP contribution in [0, 0.1) is 10.1 Å². The number of nitrogens with zero attached hydrogens (tertiary/aromatic N) is 2. The predicted octanol–water partition coefficient (Wildman–Crippen LogP) is 3.30. The van der Waals surface area contributed by atoms with Crippen LogP contribution in [0.4, 0.5) is 11.4 Å². The zero-order chi connectivity index (χ0) is 13.1. The quantitative estimate of drug-likeness (QED) is 0.524. The third kappa shape index (κ3) is 2.49. The number of benzene rings is 1. The van der Waals surface area contributed by atoms with Gasteiger partial charge < -0.3 is 9.52 Å². The average Bonchev–Trinajstić information content (AvgIpc) is 2.82. The van der Waals surface area contributed by atoms with Crippen molar-refractivity contribution >= 4 is 29.2 Å². The monoisotopic (exact) mass is 266 g/mol. The first-order valence-electron chi connectivity index (χ1n) is 4.82. The van der Waals surface area contributed by atoms with Crippen LogP contribution in [-0.2, 0) is 0 Å². The number of nitro groups is 1. The van der Waals surface area contributed by atoms with E-state index in [9.17, 15) is 15.2 Å². The highest BCUT2D eigenvalue weighted by Gasteiger charge is 2.16. The Morgan fingerprint density at radius 2 is 2.28 bits per heavy atom. The third-order valence-electron chi connectivity index (χ3n) is 2.11. The SMILES string of the molecule is O=[N+]([O-])c1cc(O)c(N=Cc2ccco2)cc1Cl. The second-order valence-corrected chi connectivity index (χ2v) is 3.73. The molecule has 1 aromatic heterocycles. The van der Waals surface area contributed by atoms with E-state index in [1.165, 1.54) is 18.5 Å². The summed E-state index contributed by atoms with van der Waals surface area (Å²) in [4.78, 5) is 13.8. The van der Waals surface area contributed by atoms with E-state index in [0.29, 0.717) is 5.76 Å². The van der Waals surface area contributed by atoms with Crippen LogP contribution in [0.2, 0.25) is 5.02 Å². The number of hydrogen-bond acceptors (Lipinski definition) is 5. The number of halogens is 1. The molecule has 6 nitrogen and oxygen atoms in total. The summed E-state index contributed by atoms with van der Waals surface area (Å²) >= 11 is 5.71. The van der Waals surface area contributed by atoms with E-state index in [0.717, 1.165) is 6.07 Å². The Kier molecular flexibility index (Phi) is 3.29. The molecule has 0 bridgehead atoms. The minimum absolute atomic E-state index is 0.0932. The molecule has 92 valence electrons. The largest absolute Gasteiger partial charge is 0.505 e. The fraction of sp³-hybridized carbons (Fsp3) is 0. The van der Waals surface area contributed by atoms with Gasteiger partial charge in [-0.25, -0.2) is 4.99 Å². The molecule has 2 rings (SSSR count). The first kappa shape index (κ1) is 12.1. The number of aliphatic imine (C=N–C) groups is 1. The van der Waals surface area contributed by atoms with Crippen LogP contribution in [0.5, 0.6) is 5.75 Å². The minimum atomic E-state index is -0.678. The maximum absolute atomic E-state index is 10.6. The molecule has 0 radical (unpaired) electrons. The first-order valence-corrected chi connectivity index (χ1v) is 5.20. The van der Waals surface area contributed by atoms with Gasteiger partial charge in [0.1, 0.15) is 22.2 Å². The lowest BCUT2D eigenvalue weighted by Crippen LogP contribution is -1.88. The molecule has 0 atom stereocenters. The van der Waals surface area contributed by atoms with E-state index in [4.69, 9.17) is 16.0 Å². The van der Waals surface area contributed by atoms with Crippen molar-refractivity contribution in [2.75, 3.05) is 0 Å². The predicted molar refractivity (Wildman–Crippen MR) is 65.7 cm³/mol. The molecule has 0 spiro atoms. The number of aromatic hydroxyl groups is 1. The fourth-order valence-electron chi connectivity index (χ4n) is 1.28. The molecular formula is C11H7ClN2O4. The Hall–Kier alpha value is -2.34. The topological polar surface area (TPSA) is 88.9 Å². The normalized spacial score (nSPS) is 10.9. The maximum atomic E-state index is 10.6. The number of rotatable bonds is 3. The van der Waals surface area contributed by atoms with Gasteiger partial charge in [0.25, 0.3) is 5.69 Å². The summed E-state index contributed by atoms with van der Waals surface area (Å²) in [5.74, 6) is 0.165. The van der Waals surface area contributed by atoms with Gasteiger partial charge in [-0.15, -0.1) is 0 Å². The van der Waals surface area contributed by atoms with E-state index in [1.807, 2.05) is 0 Å². The standard InChI is InChI=1S/C11H7ClN2O4/c12-8-4-9(11(15)5-10(8)14(16)17)13-6-7-2-1-3-18-7/h1-6,15H. The van der Waals surface area contributed by atoms with Crippen LogP contribution < -0.4 is 0 Å². The van der Waals surface area contributed by atoms with E-state index < -0.39 is 4.92 Å². The van der Waals surface area contributed by atoms with Crippen molar-refractivity contribution in [3.8, 4) is 5.75 Å². The van der Waals surface area contributed by atoms with Crippen LogP contribution in [-0.4, -0.2) is 16.2 Å². The third-order valence-corrected chi connectivity index (χ3v) is 2.42. The first-order chi connectivity index (χ1) is 8.58. The van der Waals surface area contributed by atoms with Crippen molar-refractivity contribution < 1.29 is 14.4 Å². The zero-order valence-corrected chi connectivity index (χ0v) is 9.66. The van der Waals surface area contributed by atoms with E-state index in [1.54, 1.807) is 12.1 Å². The van der Waals surface area contributed by atoms with Gasteiger partial charge in [-0.2, -0.15) is 0 Å². The van der Waals surface area contributed by atoms with Crippen LogP contribution in [0.3, 0.4) is 0 Å². The molecule has 0 aliphatic carbocycles. The molecule has 0 saturated heterocycles. The molecule has 0 saturated carbocycles. The molecule has 1 N–H and O–H groups in total. The molecule has 7 heteroatoms. The van der Waals surface area contributed by atoms with E-state index in [2.05, 4.69) is 4.99 Å². The van der Waals surface area contributed by atoms with Gasteiger partial charge in [0.15, 0.2) is 0 Å². The van der Waals surface area contributed by atoms with Gasteiger partial charge in [0, 0.05) is 0 Å². The van der Waals surface area contributed by atoms with E-state index >= 15 is 0 Å². The van der Waals surface area contributed by atoms with Gasteiger partial charge in [-0.3, -0.25) is 10.1 Å². The zero-order valence-electron chi connectivity index (χ0n) is 8.91. The van der Waals surface area contributed by atoms with Crippen molar-refractivity contribution in [2.24, 2.45) is 4.99 Å². The van der Waals surface area contributed by atoms with Crippen molar-refractivity contribution in [1.82, 2.24) is 0 Å². The highest BCUT2D eigenvalue weighted by molar-refractivity contribution is 6.33. The van der Waals surface area contributed by atoms with Gasteiger partial charge >= 0.3 is 0 Å². The van der Waals surface area contributed by atoms with Gasteiger partial charge in [-0.05, 0) is 18.2 Å².